The van der Waals surface area contributed by atoms with Gasteiger partial charge in [0.25, 0.3) is 0 Å². The van der Waals surface area contributed by atoms with Crippen LogP contribution < -0.4 is 21.7 Å². The molecule has 22 heavy (non-hydrogen) atoms. The lowest BCUT2D eigenvalue weighted by Gasteiger charge is -2.23. The Balaban J connectivity index is 1.96. The Labute approximate surface area is 130 Å². The fraction of sp³-hybridized carbons (Fsp3) is 0.235. The van der Waals surface area contributed by atoms with Crippen LogP contribution in [0.4, 0.5) is 11.4 Å². The van der Waals surface area contributed by atoms with Gasteiger partial charge in [-0.2, -0.15) is 0 Å². The highest BCUT2D eigenvalue weighted by molar-refractivity contribution is 6.00. The first-order valence-corrected chi connectivity index (χ1v) is 7.38. The van der Waals surface area contributed by atoms with Gasteiger partial charge in [0.2, 0.25) is 0 Å². The van der Waals surface area contributed by atoms with Crippen molar-refractivity contribution in [3.63, 3.8) is 0 Å². The lowest BCUT2D eigenvalue weighted by atomic mass is 10.0. The van der Waals surface area contributed by atoms with Crippen molar-refractivity contribution in [2.24, 2.45) is 5.73 Å². The van der Waals surface area contributed by atoms with Crippen molar-refractivity contribution in [2.45, 2.75) is 26.4 Å². The van der Waals surface area contributed by atoms with Crippen molar-refractivity contribution in [1.29, 1.82) is 5.41 Å². The first-order valence-electron chi connectivity index (χ1n) is 7.38. The van der Waals surface area contributed by atoms with E-state index in [0.29, 0.717) is 11.4 Å². The predicted molar refractivity (Wildman–Crippen MR) is 92.0 cm³/mol. The molecule has 2 aliphatic heterocycles. The summed E-state index contributed by atoms with van der Waals surface area (Å²) in [5, 5.41) is 18.0. The Morgan fingerprint density at radius 2 is 2.14 bits per heavy atom. The predicted octanol–water partition coefficient (Wildman–Crippen LogP) is 2.78. The molecule has 0 amide bonds. The zero-order valence-electron chi connectivity index (χ0n) is 12.9. The van der Waals surface area contributed by atoms with E-state index >= 15 is 0 Å². The first kappa shape index (κ1) is 14.3. The van der Waals surface area contributed by atoms with Crippen LogP contribution in [0.3, 0.4) is 0 Å². The third-order valence-electron chi connectivity index (χ3n) is 4.07. The second-order valence-corrected chi connectivity index (χ2v) is 5.59. The smallest absolute Gasteiger partial charge is 0.127 e. The highest BCUT2D eigenvalue weighted by Gasteiger charge is 2.28. The fourth-order valence-electron chi connectivity index (χ4n) is 2.87. The normalized spacial score (nSPS) is 19.4. The summed E-state index contributed by atoms with van der Waals surface area (Å²) in [5.74, 6) is 0. The molecule has 0 aromatic heterocycles. The average Bonchev–Trinajstić information content (AvgIpc) is 2.90. The summed E-state index contributed by atoms with van der Waals surface area (Å²) in [4.78, 5) is 0. The first-order chi connectivity index (χ1) is 10.5. The molecule has 2 heterocycles. The molecule has 0 bridgehead atoms. The van der Waals surface area contributed by atoms with Gasteiger partial charge in [-0.15, -0.1) is 0 Å². The molecule has 1 atom stereocenters. The molecule has 0 saturated heterocycles. The highest BCUT2D eigenvalue weighted by atomic mass is 15.2. The number of nitrogens with one attached hydrogen (secondary N) is 4. The van der Waals surface area contributed by atoms with E-state index in [1.165, 1.54) is 0 Å². The quantitative estimate of drug-likeness (QED) is 0.555. The van der Waals surface area contributed by atoms with Gasteiger partial charge in [0.1, 0.15) is 6.17 Å². The van der Waals surface area contributed by atoms with E-state index in [-0.39, 0.29) is 6.17 Å². The van der Waals surface area contributed by atoms with Crippen molar-refractivity contribution in [3.05, 3.63) is 59.1 Å². The molecule has 0 saturated carbocycles. The number of rotatable bonds is 3. The van der Waals surface area contributed by atoms with Crippen LogP contribution in [0.15, 0.2) is 48.0 Å². The van der Waals surface area contributed by atoms with Crippen LogP contribution >= 0.6 is 0 Å². The molecule has 0 fully saturated rings. The summed E-state index contributed by atoms with van der Waals surface area (Å²) in [6.45, 7) is 8.07. The molecule has 0 aliphatic carbocycles. The third-order valence-corrected chi connectivity index (χ3v) is 4.07. The topological polar surface area (TPSA) is 86.0 Å². The number of fused-ring (bicyclic) bond motifs is 1. The number of allylic oxidation sites excluding steroid dienone is 1. The Kier molecular flexibility index (Phi) is 3.41. The molecule has 0 radical (unpaired) electrons. The van der Waals surface area contributed by atoms with Crippen LogP contribution in [0.25, 0.3) is 0 Å². The molecule has 1 aromatic carbocycles. The molecule has 5 heteroatoms. The average molecular weight is 295 g/mol. The number of dihydropyridines is 1. The fourth-order valence-corrected chi connectivity index (χ4v) is 2.87. The lowest BCUT2D eigenvalue weighted by Crippen LogP contribution is -2.32. The third kappa shape index (κ3) is 2.24. The van der Waals surface area contributed by atoms with Gasteiger partial charge in [-0.3, -0.25) is 0 Å². The molecule has 114 valence electrons. The van der Waals surface area contributed by atoms with Crippen molar-refractivity contribution >= 4 is 17.1 Å². The number of hydrogen-bond acceptors (Lipinski definition) is 5. The number of benzene rings is 1. The minimum Gasteiger partial charge on any atom is -0.398 e. The van der Waals surface area contributed by atoms with Gasteiger partial charge in [0, 0.05) is 28.9 Å². The summed E-state index contributed by atoms with van der Waals surface area (Å²) in [6, 6.07) is 4.07. The Bertz CT molecular complexity index is 727. The molecule has 0 spiro atoms. The van der Waals surface area contributed by atoms with E-state index < -0.39 is 0 Å². The molecule has 5 nitrogen and oxygen atoms in total. The zero-order valence-corrected chi connectivity index (χ0v) is 12.9. The van der Waals surface area contributed by atoms with E-state index in [9.17, 15) is 0 Å². The molecule has 2 aliphatic rings. The van der Waals surface area contributed by atoms with Gasteiger partial charge >= 0.3 is 0 Å². The highest BCUT2D eigenvalue weighted by Crippen LogP contribution is 2.37. The summed E-state index contributed by atoms with van der Waals surface area (Å²) in [7, 11) is 0. The summed E-state index contributed by atoms with van der Waals surface area (Å²) in [6.07, 6.45) is 4.22. The molecular weight excluding hydrogens is 274 g/mol. The van der Waals surface area contributed by atoms with E-state index in [2.05, 4.69) is 22.5 Å². The van der Waals surface area contributed by atoms with Crippen molar-refractivity contribution in [3.8, 4) is 0 Å². The number of nitrogens with two attached hydrogens (primary N) is 1. The van der Waals surface area contributed by atoms with E-state index in [0.717, 1.165) is 40.2 Å². The second-order valence-electron chi connectivity index (χ2n) is 5.59. The van der Waals surface area contributed by atoms with Crippen LogP contribution in [0.1, 0.15) is 24.5 Å². The Hall–Kier alpha value is -2.69. The lowest BCUT2D eigenvalue weighted by molar-refractivity contribution is 0.902. The largest absolute Gasteiger partial charge is 0.398 e. The number of hydrogen-bond donors (Lipinski definition) is 5. The maximum atomic E-state index is 8.04. The van der Waals surface area contributed by atoms with Crippen LogP contribution in [-0.2, 0) is 0 Å². The molecule has 6 N–H and O–H groups in total. The van der Waals surface area contributed by atoms with Gasteiger partial charge in [-0.25, -0.2) is 0 Å². The van der Waals surface area contributed by atoms with Crippen molar-refractivity contribution in [2.75, 3.05) is 10.6 Å². The Morgan fingerprint density at radius 3 is 2.82 bits per heavy atom. The number of aryl methyl sites for hydroxylation is 1. The van der Waals surface area contributed by atoms with Crippen molar-refractivity contribution in [1.82, 2.24) is 5.32 Å². The molecular formula is C17H21N5. The standard InChI is InChI=1S/C17H21N5/c1-4-12(18)11-7-9(2)16-14(8-11)21-17(22-16)15-10(3)20-6-5-13(15)19/h5-8,17-18,20-22H,3-4,19H2,1-2H3. The number of anilines is 2. The second kappa shape index (κ2) is 5.26. The van der Waals surface area contributed by atoms with Crippen LogP contribution in [0, 0.1) is 12.3 Å². The van der Waals surface area contributed by atoms with E-state index in [4.69, 9.17) is 11.1 Å². The van der Waals surface area contributed by atoms with Gasteiger partial charge in [0.15, 0.2) is 0 Å². The summed E-state index contributed by atoms with van der Waals surface area (Å²) >= 11 is 0. The summed E-state index contributed by atoms with van der Waals surface area (Å²) < 4.78 is 0. The minimum absolute atomic E-state index is 0.121. The van der Waals surface area contributed by atoms with E-state index in [1.54, 1.807) is 6.20 Å². The zero-order chi connectivity index (χ0) is 15.9. The Morgan fingerprint density at radius 1 is 1.36 bits per heavy atom. The molecule has 3 rings (SSSR count). The minimum atomic E-state index is -0.121. The molecule has 1 aromatic rings. The summed E-state index contributed by atoms with van der Waals surface area (Å²) in [5.41, 5.74) is 13.3. The molecule has 1 unspecified atom stereocenters. The van der Waals surface area contributed by atoms with Gasteiger partial charge in [-0.05, 0) is 42.7 Å². The van der Waals surface area contributed by atoms with Crippen LogP contribution in [-0.4, -0.2) is 11.9 Å². The van der Waals surface area contributed by atoms with Gasteiger partial charge in [0.05, 0.1) is 11.4 Å². The van der Waals surface area contributed by atoms with Crippen LogP contribution in [0.5, 0.6) is 0 Å². The SMILES string of the molecule is C=C1NC=CC(N)=C1C1Nc2cc(C(=N)CC)cc(C)c2N1. The maximum Gasteiger partial charge on any atom is 0.127 e. The van der Waals surface area contributed by atoms with E-state index in [1.807, 2.05) is 32.1 Å². The van der Waals surface area contributed by atoms with Crippen LogP contribution in [0.2, 0.25) is 0 Å². The maximum absolute atomic E-state index is 8.04. The van der Waals surface area contributed by atoms with Crippen molar-refractivity contribution < 1.29 is 0 Å². The van der Waals surface area contributed by atoms with Gasteiger partial charge < -0.3 is 27.1 Å². The monoisotopic (exact) mass is 295 g/mol. The van der Waals surface area contributed by atoms with Gasteiger partial charge in [-0.1, -0.05) is 13.5 Å².